The Kier molecular flexibility index (Phi) is 5.28. The average molecular weight is 342 g/mol. The second kappa shape index (κ2) is 7.79. The Labute approximate surface area is 147 Å². The molecule has 2 aromatic rings. The number of carbonyl (C=O) groups excluding carboxylic acids is 1. The second-order valence-electron chi connectivity index (χ2n) is 5.72. The van der Waals surface area contributed by atoms with Crippen LogP contribution in [-0.4, -0.2) is 32.4 Å². The molecule has 2 N–H and O–H groups in total. The van der Waals surface area contributed by atoms with Gasteiger partial charge in [-0.3, -0.25) is 0 Å². The summed E-state index contributed by atoms with van der Waals surface area (Å²) in [6.07, 6.45) is 0.698. The lowest BCUT2D eigenvalue weighted by molar-refractivity contribution is 0.217. The quantitative estimate of drug-likeness (QED) is 0.875. The standard InChI is InChI=1S/C19H22N2O4/c1-3-24-16-9-7-14(8-10-16)20-19(22)21-15-11-13-5-4-6-17(23-2)18(13)25-12-15/h4-10,15H,3,11-12H2,1-2H3,(H2,20,21,22). The molecule has 1 heterocycles. The Bertz CT molecular complexity index is 731. The number of hydrogen-bond acceptors (Lipinski definition) is 4. The van der Waals surface area contributed by atoms with Gasteiger partial charge in [0.25, 0.3) is 0 Å². The summed E-state index contributed by atoms with van der Waals surface area (Å²) in [7, 11) is 1.62. The van der Waals surface area contributed by atoms with Crippen LogP contribution < -0.4 is 24.8 Å². The van der Waals surface area contributed by atoms with Crippen LogP contribution in [0.4, 0.5) is 10.5 Å². The molecular weight excluding hydrogens is 320 g/mol. The van der Waals surface area contributed by atoms with Gasteiger partial charge in [-0.05, 0) is 43.7 Å². The normalized spacial score (nSPS) is 15.5. The van der Waals surface area contributed by atoms with Crippen LogP contribution in [0.15, 0.2) is 42.5 Å². The molecule has 0 radical (unpaired) electrons. The number of ether oxygens (including phenoxy) is 3. The number of para-hydroxylation sites is 1. The largest absolute Gasteiger partial charge is 0.494 e. The van der Waals surface area contributed by atoms with Crippen LogP contribution in [0.5, 0.6) is 17.2 Å². The third kappa shape index (κ3) is 4.15. The Morgan fingerprint density at radius 3 is 2.76 bits per heavy atom. The minimum Gasteiger partial charge on any atom is -0.494 e. The van der Waals surface area contributed by atoms with E-state index in [1.165, 1.54) is 0 Å². The van der Waals surface area contributed by atoms with Crippen LogP contribution in [0.1, 0.15) is 12.5 Å². The van der Waals surface area contributed by atoms with E-state index in [2.05, 4.69) is 10.6 Å². The smallest absolute Gasteiger partial charge is 0.319 e. The van der Waals surface area contributed by atoms with E-state index in [-0.39, 0.29) is 12.1 Å². The number of methoxy groups -OCH3 is 1. The maximum Gasteiger partial charge on any atom is 0.319 e. The molecule has 0 saturated carbocycles. The maximum atomic E-state index is 12.2. The van der Waals surface area contributed by atoms with Crippen molar-refractivity contribution < 1.29 is 19.0 Å². The lowest BCUT2D eigenvalue weighted by atomic mass is 10.0. The zero-order chi connectivity index (χ0) is 17.6. The number of rotatable bonds is 5. The molecule has 6 nitrogen and oxygen atoms in total. The fraction of sp³-hybridized carbons (Fsp3) is 0.316. The molecule has 0 aliphatic carbocycles. The fourth-order valence-corrected chi connectivity index (χ4v) is 2.80. The Balaban J connectivity index is 1.56. The fourth-order valence-electron chi connectivity index (χ4n) is 2.80. The molecule has 25 heavy (non-hydrogen) atoms. The highest BCUT2D eigenvalue weighted by molar-refractivity contribution is 5.89. The van der Waals surface area contributed by atoms with Crippen LogP contribution in [0, 0.1) is 0 Å². The first-order valence-electron chi connectivity index (χ1n) is 8.28. The minimum atomic E-state index is -0.260. The van der Waals surface area contributed by atoms with Crippen LogP contribution in [0.2, 0.25) is 0 Å². The van der Waals surface area contributed by atoms with Crippen LogP contribution in [0.3, 0.4) is 0 Å². The van der Waals surface area contributed by atoms with E-state index >= 15 is 0 Å². The Hall–Kier alpha value is -2.89. The van der Waals surface area contributed by atoms with Crippen molar-refractivity contribution in [1.82, 2.24) is 5.32 Å². The van der Waals surface area contributed by atoms with E-state index in [4.69, 9.17) is 14.2 Å². The second-order valence-corrected chi connectivity index (χ2v) is 5.72. The topological polar surface area (TPSA) is 68.8 Å². The van der Waals surface area contributed by atoms with Gasteiger partial charge < -0.3 is 24.8 Å². The zero-order valence-corrected chi connectivity index (χ0v) is 14.4. The molecular formula is C19H22N2O4. The van der Waals surface area contributed by atoms with E-state index in [1.807, 2.05) is 49.4 Å². The van der Waals surface area contributed by atoms with Crippen molar-refractivity contribution in [2.75, 3.05) is 25.6 Å². The Morgan fingerprint density at radius 1 is 1.24 bits per heavy atom. The van der Waals surface area contributed by atoms with Crippen molar-refractivity contribution >= 4 is 11.7 Å². The van der Waals surface area contributed by atoms with Gasteiger partial charge in [0, 0.05) is 11.3 Å². The van der Waals surface area contributed by atoms with E-state index in [9.17, 15) is 4.79 Å². The first kappa shape index (κ1) is 17.0. The number of anilines is 1. The van der Waals surface area contributed by atoms with Crippen molar-refractivity contribution in [3.05, 3.63) is 48.0 Å². The van der Waals surface area contributed by atoms with Gasteiger partial charge in [-0.25, -0.2) is 4.79 Å². The number of hydrogen-bond donors (Lipinski definition) is 2. The molecule has 132 valence electrons. The molecule has 3 rings (SSSR count). The van der Waals surface area contributed by atoms with E-state index in [0.717, 1.165) is 22.8 Å². The average Bonchev–Trinajstić information content (AvgIpc) is 2.62. The van der Waals surface area contributed by atoms with Crippen molar-refractivity contribution in [2.24, 2.45) is 0 Å². The number of benzene rings is 2. The van der Waals surface area contributed by atoms with Gasteiger partial charge >= 0.3 is 6.03 Å². The summed E-state index contributed by atoms with van der Waals surface area (Å²) in [5, 5.41) is 5.76. The molecule has 0 spiro atoms. The highest BCUT2D eigenvalue weighted by Gasteiger charge is 2.23. The number of fused-ring (bicyclic) bond motifs is 1. The molecule has 1 aliphatic heterocycles. The predicted octanol–water partition coefficient (Wildman–Crippen LogP) is 3.22. The molecule has 6 heteroatoms. The molecule has 1 aliphatic rings. The van der Waals surface area contributed by atoms with Crippen molar-refractivity contribution in [2.45, 2.75) is 19.4 Å². The number of carbonyl (C=O) groups is 1. The summed E-state index contributed by atoms with van der Waals surface area (Å²) in [5.74, 6) is 2.25. The maximum absolute atomic E-state index is 12.2. The summed E-state index contributed by atoms with van der Waals surface area (Å²) in [5.41, 5.74) is 1.73. The Morgan fingerprint density at radius 2 is 2.04 bits per heavy atom. The van der Waals surface area contributed by atoms with Gasteiger partial charge in [0.05, 0.1) is 19.8 Å². The summed E-state index contributed by atoms with van der Waals surface area (Å²) in [6, 6.07) is 12.7. The van der Waals surface area contributed by atoms with Crippen LogP contribution in [-0.2, 0) is 6.42 Å². The van der Waals surface area contributed by atoms with Gasteiger partial charge in [-0.15, -0.1) is 0 Å². The van der Waals surface area contributed by atoms with Crippen molar-refractivity contribution in [3.8, 4) is 17.2 Å². The summed E-state index contributed by atoms with van der Waals surface area (Å²) in [6.45, 7) is 2.95. The van der Waals surface area contributed by atoms with Crippen LogP contribution in [0.25, 0.3) is 0 Å². The molecule has 0 aromatic heterocycles. The number of amides is 2. The molecule has 1 atom stereocenters. The highest BCUT2D eigenvalue weighted by atomic mass is 16.5. The molecule has 2 amide bonds. The minimum absolute atomic E-state index is 0.0951. The zero-order valence-electron chi connectivity index (χ0n) is 14.4. The lowest BCUT2D eigenvalue weighted by Crippen LogP contribution is -2.44. The number of nitrogens with one attached hydrogen (secondary N) is 2. The first-order chi connectivity index (χ1) is 12.2. The van der Waals surface area contributed by atoms with E-state index < -0.39 is 0 Å². The molecule has 0 saturated heterocycles. The van der Waals surface area contributed by atoms with Gasteiger partial charge in [0.2, 0.25) is 0 Å². The monoisotopic (exact) mass is 342 g/mol. The van der Waals surface area contributed by atoms with Gasteiger partial charge in [0.15, 0.2) is 11.5 Å². The SMILES string of the molecule is CCOc1ccc(NC(=O)NC2COc3c(cccc3OC)C2)cc1. The lowest BCUT2D eigenvalue weighted by Gasteiger charge is -2.27. The van der Waals surface area contributed by atoms with Crippen LogP contribution >= 0.6 is 0 Å². The summed E-state index contributed by atoms with van der Waals surface area (Å²) < 4.78 is 16.5. The van der Waals surface area contributed by atoms with Crippen molar-refractivity contribution in [1.29, 1.82) is 0 Å². The third-order valence-corrected chi connectivity index (χ3v) is 3.93. The van der Waals surface area contributed by atoms with Gasteiger partial charge in [-0.1, -0.05) is 12.1 Å². The van der Waals surface area contributed by atoms with Gasteiger partial charge in [0.1, 0.15) is 12.4 Å². The first-order valence-corrected chi connectivity index (χ1v) is 8.28. The molecule has 1 unspecified atom stereocenters. The van der Waals surface area contributed by atoms with E-state index in [1.54, 1.807) is 7.11 Å². The summed E-state index contributed by atoms with van der Waals surface area (Å²) in [4.78, 5) is 12.2. The summed E-state index contributed by atoms with van der Waals surface area (Å²) >= 11 is 0. The third-order valence-electron chi connectivity index (χ3n) is 3.93. The number of urea groups is 1. The van der Waals surface area contributed by atoms with E-state index in [0.29, 0.717) is 25.3 Å². The predicted molar refractivity (Wildman–Crippen MR) is 95.7 cm³/mol. The molecule has 2 aromatic carbocycles. The molecule has 0 fully saturated rings. The highest BCUT2D eigenvalue weighted by Crippen LogP contribution is 2.34. The molecule has 0 bridgehead atoms. The van der Waals surface area contributed by atoms with Gasteiger partial charge in [-0.2, -0.15) is 0 Å². The van der Waals surface area contributed by atoms with Crippen molar-refractivity contribution in [3.63, 3.8) is 0 Å².